The molecule has 0 aliphatic carbocycles. The molecule has 0 radical (unpaired) electrons. The van der Waals surface area contributed by atoms with Crippen molar-refractivity contribution in [2.24, 2.45) is 0 Å². The van der Waals surface area contributed by atoms with Crippen LogP contribution in [-0.4, -0.2) is 42.0 Å². The zero-order valence-electron chi connectivity index (χ0n) is 17.6. The maximum Gasteiger partial charge on any atom is 0.357 e. The lowest BCUT2D eigenvalue weighted by Crippen LogP contribution is -2.12. The number of halogens is 1. The van der Waals surface area contributed by atoms with Crippen molar-refractivity contribution in [3.8, 4) is 5.75 Å². The number of hydrogen-bond donors (Lipinski definition) is 1. The molecule has 2 heterocycles. The first kappa shape index (κ1) is 21.8. The van der Waals surface area contributed by atoms with Crippen molar-refractivity contribution in [1.29, 1.82) is 0 Å². The second kappa shape index (κ2) is 9.38. The summed E-state index contributed by atoms with van der Waals surface area (Å²) in [7, 11) is 1.55. The Balaban J connectivity index is 1.77. The molecule has 0 aliphatic heterocycles. The summed E-state index contributed by atoms with van der Waals surface area (Å²) in [5.41, 5.74) is 2.80. The maximum atomic E-state index is 12.6. The van der Waals surface area contributed by atoms with Crippen LogP contribution in [0.4, 0.5) is 0 Å². The summed E-state index contributed by atoms with van der Waals surface area (Å²) in [5.74, 6) is -0.189. The van der Waals surface area contributed by atoms with Gasteiger partial charge >= 0.3 is 5.97 Å². The number of methoxy groups -OCH3 is 1. The van der Waals surface area contributed by atoms with Gasteiger partial charge in [0.2, 0.25) is 0 Å². The van der Waals surface area contributed by atoms with Gasteiger partial charge in [0.1, 0.15) is 5.75 Å². The van der Waals surface area contributed by atoms with Crippen LogP contribution < -0.4 is 4.74 Å². The molecule has 0 aliphatic rings. The number of Topliss-reactive ketones (excluding diaryl/α,β-unsaturated/α-hetero) is 1. The van der Waals surface area contributed by atoms with Crippen molar-refractivity contribution >= 4 is 45.2 Å². The zero-order valence-corrected chi connectivity index (χ0v) is 18.4. The number of hydrogen-bond acceptors (Lipinski definition) is 6. The first-order valence-electron chi connectivity index (χ1n) is 10.0. The smallest absolute Gasteiger partial charge is 0.357 e. The number of fused-ring (bicyclic) bond motifs is 3. The van der Waals surface area contributed by atoms with E-state index >= 15 is 0 Å². The number of aromatic nitrogens is 2. The number of carbonyl (C=O) groups excluding carboxylic acids is 2. The minimum absolute atomic E-state index is 0.150. The van der Waals surface area contributed by atoms with E-state index in [-0.39, 0.29) is 31.3 Å². The van der Waals surface area contributed by atoms with Crippen LogP contribution in [0.1, 0.15) is 33.3 Å². The number of H-pyrrole nitrogens is 1. The molecule has 7 nitrogen and oxygen atoms in total. The number of ketones is 1. The van der Waals surface area contributed by atoms with E-state index in [2.05, 4.69) is 9.97 Å². The zero-order chi connectivity index (χ0) is 22.7. The van der Waals surface area contributed by atoms with E-state index in [1.54, 1.807) is 50.6 Å². The van der Waals surface area contributed by atoms with Gasteiger partial charge < -0.3 is 19.2 Å². The molecule has 0 unspecified atom stereocenters. The summed E-state index contributed by atoms with van der Waals surface area (Å²) in [5, 5.41) is 2.04. The highest BCUT2D eigenvalue weighted by Gasteiger charge is 2.22. The third-order valence-electron chi connectivity index (χ3n) is 5.01. The molecule has 32 heavy (non-hydrogen) atoms. The topological polar surface area (TPSA) is 90.5 Å². The Morgan fingerprint density at radius 3 is 2.56 bits per heavy atom. The second-order valence-corrected chi connectivity index (χ2v) is 7.49. The molecular weight excluding hydrogens is 432 g/mol. The first-order chi connectivity index (χ1) is 15.5. The SMILES string of the molecule is CCOC(=O)c1ncc2[nH]c3cccc(OCC(=O)c4ccc(Cl)cc4)c3c2c1COC. The largest absolute Gasteiger partial charge is 0.485 e. The summed E-state index contributed by atoms with van der Waals surface area (Å²) >= 11 is 5.90. The predicted octanol–water partition coefficient (Wildman–Crippen LogP) is 4.95. The first-order valence-corrected chi connectivity index (χ1v) is 10.4. The summed E-state index contributed by atoms with van der Waals surface area (Å²) in [6.45, 7) is 1.98. The molecule has 8 heteroatoms. The van der Waals surface area contributed by atoms with E-state index in [0.717, 1.165) is 21.8 Å². The molecule has 2 aromatic heterocycles. The monoisotopic (exact) mass is 452 g/mol. The van der Waals surface area contributed by atoms with Crippen molar-refractivity contribution in [3.63, 3.8) is 0 Å². The minimum atomic E-state index is -0.521. The van der Waals surface area contributed by atoms with Crippen molar-refractivity contribution in [2.75, 3.05) is 20.3 Å². The fourth-order valence-electron chi connectivity index (χ4n) is 3.61. The molecule has 4 rings (SSSR count). The van der Waals surface area contributed by atoms with Gasteiger partial charge in [-0.15, -0.1) is 0 Å². The number of esters is 1. The van der Waals surface area contributed by atoms with E-state index in [4.69, 9.17) is 25.8 Å². The molecule has 4 aromatic rings. The predicted molar refractivity (Wildman–Crippen MR) is 122 cm³/mol. The van der Waals surface area contributed by atoms with E-state index in [1.165, 1.54) is 0 Å². The Morgan fingerprint density at radius 2 is 1.84 bits per heavy atom. The molecule has 0 atom stereocenters. The lowest BCUT2D eigenvalue weighted by Gasteiger charge is -2.11. The maximum absolute atomic E-state index is 12.6. The summed E-state index contributed by atoms with van der Waals surface area (Å²) in [6.07, 6.45) is 1.59. The Kier molecular flexibility index (Phi) is 6.39. The van der Waals surface area contributed by atoms with E-state index < -0.39 is 5.97 Å². The average Bonchev–Trinajstić information content (AvgIpc) is 3.18. The molecule has 1 N–H and O–H groups in total. The number of nitrogens with one attached hydrogen (secondary N) is 1. The fraction of sp³-hybridized carbons (Fsp3) is 0.208. The van der Waals surface area contributed by atoms with Crippen molar-refractivity contribution in [2.45, 2.75) is 13.5 Å². The van der Waals surface area contributed by atoms with Gasteiger partial charge in [0.05, 0.1) is 30.4 Å². The van der Waals surface area contributed by atoms with Crippen molar-refractivity contribution < 1.29 is 23.8 Å². The Bertz CT molecular complexity index is 1300. The number of rotatable bonds is 8. The van der Waals surface area contributed by atoms with E-state index in [1.807, 2.05) is 12.1 Å². The molecule has 0 spiro atoms. The van der Waals surface area contributed by atoms with Crippen LogP contribution in [-0.2, 0) is 16.1 Å². The summed E-state index contributed by atoms with van der Waals surface area (Å²) in [6, 6.07) is 12.2. The lowest BCUT2D eigenvalue weighted by atomic mass is 10.0. The second-order valence-electron chi connectivity index (χ2n) is 7.05. The van der Waals surface area contributed by atoms with Gasteiger partial charge in [0.25, 0.3) is 0 Å². The van der Waals surface area contributed by atoms with Crippen molar-refractivity contribution in [1.82, 2.24) is 9.97 Å². The van der Waals surface area contributed by atoms with E-state index in [9.17, 15) is 9.59 Å². The normalized spacial score (nSPS) is 11.1. The highest BCUT2D eigenvalue weighted by Crippen LogP contribution is 2.36. The van der Waals surface area contributed by atoms with Crippen LogP contribution in [0.3, 0.4) is 0 Å². The van der Waals surface area contributed by atoms with Crippen LogP contribution in [0.15, 0.2) is 48.7 Å². The highest BCUT2D eigenvalue weighted by atomic mass is 35.5. The van der Waals surface area contributed by atoms with Crippen LogP contribution in [0.2, 0.25) is 5.02 Å². The van der Waals surface area contributed by atoms with Gasteiger partial charge in [-0.3, -0.25) is 4.79 Å². The van der Waals surface area contributed by atoms with Gasteiger partial charge in [0.15, 0.2) is 18.1 Å². The Hall–Kier alpha value is -3.42. The van der Waals surface area contributed by atoms with Gasteiger partial charge in [-0.2, -0.15) is 0 Å². The number of ether oxygens (including phenoxy) is 3. The molecule has 0 saturated carbocycles. The van der Waals surface area contributed by atoms with Crippen LogP contribution >= 0.6 is 11.6 Å². The number of benzene rings is 2. The molecule has 164 valence electrons. The Morgan fingerprint density at radius 1 is 1.06 bits per heavy atom. The van der Waals surface area contributed by atoms with Crippen LogP contribution in [0.5, 0.6) is 5.75 Å². The molecular formula is C24H21ClN2O5. The minimum Gasteiger partial charge on any atom is -0.485 e. The third-order valence-corrected chi connectivity index (χ3v) is 5.26. The quantitative estimate of drug-likeness (QED) is 0.300. The van der Waals surface area contributed by atoms with Gasteiger partial charge in [0, 0.05) is 34.0 Å². The van der Waals surface area contributed by atoms with Gasteiger partial charge in [-0.1, -0.05) is 17.7 Å². The molecule has 0 bridgehead atoms. The van der Waals surface area contributed by atoms with Crippen LogP contribution in [0, 0.1) is 0 Å². The van der Waals surface area contributed by atoms with Crippen molar-refractivity contribution in [3.05, 3.63) is 70.5 Å². The third kappa shape index (κ3) is 4.17. The molecule has 2 aromatic carbocycles. The van der Waals surface area contributed by atoms with E-state index in [0.29, 0.717) is 21.9 Å². The lowest BCUT2D eigenvalue weighted by molar-refractivity contribution is 0.0514. The number of nitrogens with zero attached hydrogens (tertiary/aromatic N) is 1. The summed E-state index contributed by atoms with van der Waals surface area (Å²) in [4.78, 5) is 32.7. The Labute approximate surface area is 189 Å². The number of pyridine rings is 1. The highest BCUT2D eigenvalue weighted by molar-refractivity contribution is 6.30. The standard InChI is InChI=1S/C24H21ClN2O5/c1-3-31-24(29)23-16(12-30-2)21-18(11-26-23)27-17-5-4-6-20(22(17)21)32-13-19(28)14-7-9-15(25)10-8-14/h4-11,27H,3,12-13H2,1-2H3. The average molecular weight is 453 g/mol. The molecule has 0 fully saturated rings. The van der Waals surface area contributed by atoms with Gasteiger partial charge in [-0.05, 0) is 43.3 Å². The summed E-state index contributed by atoms with van der Waals surface area (Å²) < 4.78 is 16.5. The number of carbonyl (C=O) groups is 2. The van der Waals surface area contributed by atoms with Gasteiger partial charge in [-0.25, -0.2) is 9.78 Å². The molecule has 0 amide bonds. The molecule has 0 saturated heterocycles. The number of aromatic amines is 1. The van der Waals surface area contributed by atoms with Crippen LogP contribution in [0.25, 0.3) is 21.8 Å². The fourth-order valence-corrected chi connectivity index (χ4v) is 3.74.